The number of fused-ring (bicyclic) bond motifs is 2. The summed E-state index contributed by atoms with van der Waals surface area (Å²) in [5, 5.41) is 3.53. The summed E-state index contributed by atoms with van der Waals surface area (Å²) in [6.45, 7) is 2.87. The number of carbonyl (C=O) groups excluding carboxylic acids is 2. The van der Waals surface area contributed by atoms with E-state index in [0.29, 0.717) is 35.8 Å². The van der Waals surface area contributed by atoms with E-state index >= 15 is 0 Å². The van der Waals surface area contributed by atoms with Crippen LogP contribution in [0, 0.1) is 0 Å². The van der Waals surface area contributed by atoms with Crippen LogP contribution in [-0.4, -0.2) is 37.1 Å². The topological polar surface area (TPSA) is 71.5 Å². The van der Waals surface area contributed by atoms with Crippen LogP contribution in [0.2, 0.25) is 0 Å². The molecule has 1 aromatic carbocycles. The lowest BCUT2D eigenvalue weighted by atomic mass is 10.2. The third-order valence-corrected chi connectivity index (χ3v) is 4.90. The van der Waals surface area contributed by atoms with Crippen molar-refractivity contribution in [3.63, 3.8) is 0 Å². The molecule has 2 heterocycles. The van der Waals surface area contributed by atoms with Crippen LogP contribution in [0.3, 0.4) is 0 Å². The van der Waals surface area contributed by atoms with Gasteiger partial charge in [0, 0.05) is 30.4 Å². The fraction of sp³-hybridized carbons (Fsp3) is 0.278. The van der Waals surface area contributed by atoms with Crippen molar-refractivity contribution in [3.8, 4) is 0 Å². The predicted octanol–water partition coefficient (Wildman–Crippen LogP) is 3.19. The molecule has 1 aromatic heterocycles. The van der Waals surface area contributed by atoms with Crippen LogP contribution in [0.15, 0.2) is 46.5 Å². The van der Waals surface area contributed by atoms with Gasteiger partial charge in [-0.25, -0.2) is 4.98 Å². The Morgan fingerprint density at radius 1 is 1.36 bits per heavy atom. The molecular weight excluding hydrogens is 338 g/mol. The van der Waals surface area contributed by atoms with E-state index in [0.717, 1.165) is 10.6 Å². The standard InChI is InChI=1S/C18H19N3O3S/c1-3-21-14-7-6-12(20-16(22)8-10-24-2)11-15(14)25-17-13(18(21)23)5-4-9-19-17/h4-7,9,11H,3,8,10H2,1-2H3,(H,20,22). The first-order valence-electron chi connectivity index (χ1n) is 8.01. The largest absolute Gasteiger partial charge is 0.384 e. The summed E-state index contributed by atoms with van der Waals surface area (Å²) in [4.78, 5) is 31.7. The van der Waals surface area contributed by atoms with E-state index in [9.17, 15) is 9.59 Å². The van der Waals surface area contributed by atoms with Crippen LogP contribution in [-0.2, 0) is 9.53 Å². The molecule has 0 spiro atoms. The Morgan fingerprint density at radius 2 is 2.20 bits per heavy atom. The lowest BCUT2D eigenvalue weighted by molar-refractivity contribution is -0.117. The summed E-state index contributed by atoms with van der Waals surface area (Å²) in [7, 11) is 1.56. The fourth-order valence-corrected chi connectivity index (χ4v) is 3.68. The van der Waals surface area contributed by atoms with Crippen LogP contribution in [0.4, 0.5) is 11.4 Å². The fourth-order valence-electron chi connectivity index (χ4n) is 2.62. The van der Waals surface area contributed by atoms with Gasteiger partial charge in [-0.2, -0.15) is 0 Å². The van der Waals surface area contributed by atoms with Gasteiger partial charge in [-0.15, -0.1) is 0 Å². The molecule has 3 rings (SSSR count). The van der Waals surface area contributed by atoms with Crippen molar-refractivity contribution < 1.29 is 14.3 Å². The smallest absolute Gasteiger partial charge is 0.261 e. The molecule has 1 aliphatic heterocycles. The van der Waals surface area contributed by atoms with Crippen LogP contribution in [0.5, 0.6) is 0 Å². The van der Waals surface area contributed by atoms with E-state index in [2.05, 4.69) is 10.3 Å². The van der Waals surface area contributed by atoms with Crippen molar-refractivity contribution in [2.75, 3.05) is 30.5 Å². The summed E-state index contributed by atoms with van der Waals surface area (Å²) in [6.07, 6.45) is 1.97. The number of hydrogen-bond donors (Lipinski definition) is 1. The minimum absolute atomic E-state index is 0.0614. The molecule has 2 aromatic rings. The van der Waals surface area contributed by atoms with Crippen molar-refractivity contribution in [1.82, 2.24) is 4.98 Å². The summed E-state index contributed by atoms with van der Waals surface area (Å²) in [5.74, 6) is -0.170. The Hall–Kier alpha value is -2.38. The van der Waals surface area contributed by atoms with E-state index in [1.807, 2.05) is 25.1 Å². The van der Waals surface area contributed by atoms with Gasteiger partial charge in [-0.1, -0.05) is 11.8 Å². The molecule has 0 unspecified atom stereocenters. The highest BCUT2D eigenvalue weighted by Gasteiger charge is 2.27. The van der Waals surface area contributed by atoms with Gasteiger partial charge in [0.2, 0.25) is 5.91 Å². The first-order chi connectivity index (χ1) is 12.1. The second-order valence-electron chi connectivity index (χ2n) is 5.48. The van der Waals surface area contributed by atoms with Crippen LogP contribution >= 0.6 is 11.8 Å². The number of hydrogen-bond acceptors (Lipinski definition) is 5. The maximum Gasteiger partial charge on any atom is 0.261 e. The number of benzene rings is 1. The number of aromatic nitrogens is 1. The van der Waals surface area contributed by atoms with E-state index in [1.54, 1.807) is 30.3 Å². The van der Waals surface area contributed by atoms with Crippen LogP contribution < -0.4 is 10.2 Å². The molecule has 0 saturated carbocycles. The zero-order valence-corrected chi connectivity index (χ0v) is 14.9. The Balaban J connectivity index is 1.95. The zero-order valence-electron chi connectivity index (χ0n) is 14.1. The highest BCUT2D eigenvalue weighted by atomic mass is 32.2. The minimum Gasteiger partial charge on any atom is -0.384 e. The van der Waals surface area contributed by atoms with Crippen LogP contribution in [0.1, 0.15) is 23.7 Å². The summed E-state index contributed by atoms with van der Waals surface area (Å²) in [6, 6.07) is 9.11. The molecule has 7 heteroatoms. The molecule has 0 bridgehead atoms. The SMILES string of the molecule is CCN1C(=O)c2cccnc2Sc2cc(NC(=O)CCOC)ccc21. The molecule has 0 fully saturated rings. The molecular formula is C18H19N3O3S. The van der Waals surface area contributed by atoms with Gasteiger partial charge in [-0.05, 0) is 37.3 Å². The van der Waals surface area contributed by atoms with Gasteiger partial charge >= 0.3 is 0 Å². The molecule has 0 radical (unpaired) electrons. The molecule has 6 nitrogen and oxygen atoms in total. The Bertz CT molecular complexity index is 810. The first-order valence-corrected chi connectivity index (χ1v) is 8.83. The van der Waals surface area contributed by atoms with Crippen molar-refractivity contribution in [2.45, 2.75) is 23.3 Å². The number of rotatable bonds is 5. The molecule has 0 aliphatic carbocycles. The molecule has 1 N–H and O–H groups in total. The van der Waals surface area contributed by atoms with Gasteiger partial charge in [0.05, 0.1) is 24.3 Å². The Morgan fingerprint density at radius 3 is 2.96 bits per heavy atom. The van der Waals surface area contributed by atoms with Gasteiger partial charge in [0.1, 0.15) is 5.03 Å². The van der Waals surface area contributed by atoms with E-state index < -0.39 is 0 Å². The molecule has 130 valence electrons. The van der Waals surface area contributed by atoms with Crippen LogP contribution in [0.25, 0.3) is 0 Å². The normalized spacial score (nSPS) is 13.0. The average Bonchev–Trinajstić information content (AvgIpc) is 2.73. The van der Waals surface area contributed by atoms with Gasteiger partial charge in [0.25, 0.3) is 5.91 Å². The third-order valence-electron chi connectivity index (χ3n) is 3.84. The summed E-state index contributed by atoms with van der Waals surface area (Å²) < 4.78 is 4.92. The Kier molecular flexibility index (Phi) is 5.35. The number of methoxy groups -OCH3 is 1. The minimum atomic E-state index is -0.109. The van der Waals surface area contributed by atoms with Gasteiger partial charge in [0.15, 0.2) is 0 Å². The quantitative estimate of drug-likeness (QED) is 0.890. The second kappa shape index (κ2) is 7.67. The number of ether oxygens (including phenoxy) is 1. The second-order valence-corrected chi connectivity index (χ2v) is 6.51. The number of amides is 2. The predicted molar refractivity (Wildman–Crippen MR) is 97.3 cm³/mol. The lowest BCUT2D eigenvalue weighted by Gasteiger charge is -2.21. The molecule has 25 heavy (non-hydrogen) atoms. The first kappa shape index (κ1) is 17.4. The monoisotopic (exact) mass is 357 g/mol. The number of anilines is 2. The number of nitrogens with zero attached hydrogens (tertiary/aromatic N) is 2. The third kappa shape index (κ3) is 3.67. The van der Waals surface area contributed by atoms with Gasteiger partial charge < -0.3 is 15.0 Å². The maximum absolute atomic E-state index is 12.8. The van der Waals surface area contributed by atoms with E-state index in [4.69, 9.17) is 4.74 Å². The number of carbonyl (C=O) groups is 2. The van der Waals surface area contributed by atoms with Crippen molar-refractivity contribution in [2.24, 2.45) is 0 Å². The molecule has 0 atom stereocenters. The zero-order chi connectivity index (χ0) is 17.8. The summed E-state index contributed by atoms with van der Waals surface area (Å²) >= 11 is 1.44. The molecule has 2 amide bonds. The van der Waals surface area contributed by atoms with Gasteiger partial charge in [-0.3, -0.25) is 9.59 Å². The highest BCUT2D eigenvalue weighted by Crippen LogP contribution is 2.41. The molecule has 0 saturated heterocycles. The average molecular weight is 357 g/mol. The van der Waals surface area contributed by atoms with Crippen molar-refractivity contribution in [3.05, 3.63) is 42.1 Å². The molecule has 1 aliphatic rings. The summed E-state index contributed by atoms with van der Waals surface area (Å²) in [5.41, 5.74) is 2.11. The maximum atomic E-state index is 12.8. The van der Waals surface area contributed by atoms with E-state index in [-0.39, 0.29) is 11.8 Å². The van der Waals surface area contributed by atoms with Crippen molar-refractivity contribution >= 4 is 35.0 Å². The number of pyridine rings is 1. The lowest BCUT2D eigenvalue weighted by Crippen LogP contribution is -2.30. The number of nitrogens with one attached hydrogen (secondary N) is 1. The van der Waals surface area contributed by atoms with E-state index in [1.165, 1.54) is 11.8 Å². The van der Waals surface area contributed by atoms with Crippen molar-refractivity contribution in [1.29, 1.82) is 0 Å². The Labute approximate surface area is 150 Å². The highest BCUT2D eigenvalue weighted by molar-refractivity contribution is 7.99.